The molecule has 1 saturated carbocycles. The lowest BCUT2D eigenvalue weighted by Gasteiger charge is -2.14. The molecule has 1 N–H and O–H groups in total. The Morgan fingerprint density at radius 1 is 1.21 bits per heavy atom. The van der Waals surface area contributed by atoms with E-state index in [4.69, 9.17) is 4.74 Å². The molecule has 1 unspecified atom stereocenters. The molecule has 1 aromatic rings. The Kier molecular flexibility index (Phi) is 5.87. The topological polar surface area (TPSA) is 29.5 Å². The van der Waals surface area contributed by atoms with E-state index in [-0.39, 0.29) is 6.10 Å². The smallest absolute Gasteiger partial charge is 0.0790 e. The summed E-state index contributed by atoms with van der Waals surface area (Å²) >= 11 is 0. The molecule has 106 valence electrons. The quantitative estimate of drug-likeness (QED) is 0.808. The molecule has 1 aliphatic carbocycles. The lowest BCUT2D eigenvalue weighted by Crippen LogP contribution is -2.02. The van der Waals surface area contributed by atoms with Crippen molar-refractivity contribution in [2.45, 2.75) is 51.0 Å². The van der Waals surface area contributed by atoms with Crippen molar-refractivity contribution in [2.24, 2.45) is 5.92 Å². The second kappa shape index (κ2) is 7.66. The van der Waals surface area contributed by atoms with Crippen molar-refractivity contribution in [1.82, 2.24) is 0 Å². The lowest BCUT2D eigenvalue weighted by atomic mass is 9.96. The Hall–Kier alpha value is -0.860. The van der Waals surface area contributed by atoms with E-state index in [1.54, 1.807) is 7.11 Å². The largest absolute Gasteiger partial charge is 0.388 e. The summed E-state index contributed by atoms with van der Waals surface area (Å²) in [7, 11) is 1.72. The third-order valence-electron chi connectivity index (χ3n) is 4.28. The molecular weight excluding hydrogens is 236 g/mol. The van der Waals surface area contributed by atoms with Crippen LogP contribution in [-0.2, 0) is 11.2 Å². The Balaban J connectivity index is 1.79. The molecule has 0 bridgehead atoms. The molecule has 0 saturated heterocycles. The van der Waals surface area contributed by atoms with Crippen LogP contribution in [0.3, 0.4) is 0 Å². The fraction of sp³-hybridized carbons (Fsp3) is 0.647. The van der Waals surface area contributed by atoms with E-state index in [0.717, 1.165) is 30.9 Å². The minimum atomic E-state index is -0.294. The number of methoxy groups -OCH3 is 1. The van der Waals surface area contributed by atoms with Gasteiger partial charge in [0, 0.05) is 7.11 Å². The fourth-order valence-corrected chi connectivity index (χ4v) is 2.99. The van der Waals surface area contributed by atoms with Crippen LogP contribution in [0.5, 0.6) is 0 Å². The Labute approximate surface area is 116 Å². The Morgan fingerprint density at radius 3 is 2.53 bits per heavy atom. The molecule has 0 amide bonds. The number of aliphatic hydroxyl groups is 1. The van der Waals surface area contributed by atoms with Gasteiger partial charge in [-0.2, -0.15) is 0 Å². The molecule has 1 aliphatic rings. The zero-order chi connectivity index (χ0) is 13.5. The van der Waals surface area contributed by atoms with Crippen LogP contribution < -0.4 is 0 Å². The van der Waals surface area contributed by atoms with Crippen molar-refractivity contribution in [2.75, 3.05) is 13.7 Å². The van der Waals surface area contributed by atoms with Gasteiger partial charge in [-0.15, -0.1) is 0 Å². The van der Waals surface area contributed by atoms with Gasteiger partial charge < -0.3 is 9.84 Å². The third kappa shape index (κ3) is 4.63. The highest BCUT2D eigenvalue weighted by Crippen LogP contribution is 2.31. The van der Waals surface area contributed by atoms with Crippen LogP contribution in [0.2, 0.25) is 0 Å². The van der Waals surface area contributed by atoms with Gasteiger partial charge >= 0.3 is 0 Å². The maximum Gasteiger partial charge on any atom is 0.0790 e. The number of aliphatic hydroxyl groups excluding tert-OH is 1. The van der Waals surface area contributed by atoms with Crippen LogP contribution in [0.15, 0.2) is 24.3 Å². The van der Waals surface area contributed by atoms with Crippen molar-refractivity contribution < 1.29 is 9.84 Å². The molecule has 0 aromatic heterocycles. The van der Waals surface area contributed by atoms with Crippen LogP contribution >= 0.6 is 0 Å². The second-order valence-electron chi connectivity index (χ2n) is 5.73. The molecule has 2 rings (SSSR count). The lowest BCUT2D eigenvalue weighted by molar-refractivity contribution is 0.157. The van der Waals surface area contributed by atoms with Gasteiger partial charge in [0.25, 0.3) is 0 Å². The summed E-state index contributed by atoms with van der Waals surface area (Å²) in [6.07, 6.45) is 8.22. The third-order valence-corrected chi connectivity index (χ3v) is 4.28. The van der Waals surface area contributed by atoms with E-state index in [0.29, 0.717) is 0 Å². The van der Waals surface area contributed by atoms with E-state index in [1.807, 2.05) is 0 Å². The highest BCUT2D eigenvalue weighted by atomic mass is 16.5. The average Bonchev–Trinajstić information content (AvgIpc) is 2.96. The molecule has 1 atom stereocenters. The predicted octanol–water partition coefficient (Wildman–Crippen LogP) is 3.88. The standard InChI is InChI=1S/C17H26O2/c1-19-13-12-15-6-9-16(10-7-15)17(18)11-8-14-4-2-3-5-14/h6-7,9-10,14,17-18H,2-5,8,11-13H2,1H3. The number of rotatable bonds is 7. The number of hydrogen-bond donors (Lipinski definition) is 1. The molecule has 0 radical (unpaired) electrons. The van der Waals surface area contributed by atoms with Crippen LogP contribution in [0.1, 0.15) is 55.8 Å². The summed E-state index contributed by atoms with van der Waals surface area (Å²) < 4.78 is 5.07. The maximum absolute atomic E-state index is 10.2. The first kappa shape index (κ1) is 14.5. The summed E-state index contributed by atoms with van der Waals surface area (Å²) in [5.74, 6) is 0.857. The zero-order valence-electron chi connectivity index (χ0n) is 12.0. The van der Waals surface area contributed by atoms with Crippen LogP contribution in [0.4, 0.5) is 0 Å². The van der Waals surface area contributed by atoms with Crippen LogP contribution in [0, 0.1) is 5.92 Å². The molecular formula is C17H26O2. The van der Waals surface area contributed by atoms with Crippen molar-refractivity contribution >= 4 is 0 Å². The minimum absolute atomic E-state index is 0.294. The van der Waals surface area contributed by atoms with Crippen molar-refractivity contribution in [3.05, 3.63) is 35.4 Å². The van der Waals surface area contributed by atoms with E-state index < -0.39 is 0 Å². The van der Waals surface area contributed by atoms with E-state index >= 15 is 0 Å². The second-order valence-corrected chi connectivity index (χ2v) is 5.73. The fourth-order valence-electron chi connectivity index (χ4n) is 2.99. The SMILES string of the molecule is COCCc1ccc(C(O)CCC2CCCC2)cc1. The van der Waals surface area contributed by atoms with Crippen LogP contribution in [0.25, 0.3) is 0 Å². The summed E-state index contributed by atoms with van der Waals surface area (Å²) in [6, 6.07) is 8.33. The van der Waals surface area contributed by atoms with Gasteiger partial charge in [-0.3, -0.25) is 0 Å². The monoisotopic (exact) mass is 262 g/mol. The van der Waals surface area contributed by atoms with Gasteiger partial charge in [-0.25, -0.2) is 0 Å². The first-order valence-electron chi connectivity index (χ1n) is 7.55. The zero-order valence-corrected chi connectivity index (χ0v) is 12.0. The molecule has 2 heteroatoms. The van der Waals surface area contributed by atoms with Gasteiger partial charge in [0.1, 0.15) is 0 Å². The summed E-state index contributed by atoms with van der Waals surface area (Å²) in [5.41, 5.74) is 2.33. The normalized spacial score (nSPS) is 17.8. The van der Waals surface area contributed by atoms with Crippen molar-refractivity contribution in [3.63, 3.8) is 0 Å². The molecule has 1 fully saturated rings. The number of ether oxygens (including phenoxy) is 1. The van der Waals surface area contributed by atoms with E-state index in [2.05, 4.69) is 24.3 Å². The van der Waals surface area contributed by atoms with Crippen LogP contribution in [-0.4, -0.2) is 18.8 Å². The van der Waals surface area contributed by atoms with Gasteiger partial charge in [0.15, 0.2) is 0 Å². The van der Waals surface area contributed by atoms with E-state index in [1.165, 1.54) is 37.7 Å². The molecule has 19 heavy (non-hydrogen) atoms. The highest BCUT2D eigenvalue weighted by Gasteiger charge is 2.17. The van der Waals surface area contributed by atoms with E-state index in [9.17, 15) is 5.11 Å². The molecule has 0 spiro atoms. The highest BCUT2D eigenvalue weighted by molar-refractivity contribution is 5.24. The summed E-state index contributed by atoms with van der Waals surface area (Å²) in [4.78, 5) is 0. The predicted molar refractivity (Wildman–Crippen MR) is 78.2 cm³/mol. The van der Waals surface area contributed by atoms with Gasteiger partial charge in [-0.1, -0.05) is 49.9 Å². The maximum atomic E-state index is 10.2. The first-order chi connectivity index (χ1) is 9.29. The molecule has 0 aliphatic heterocycles. The summed E-state index contributed by atoms with van der Waals surface area (Å²) in [6.45, 7) is 0.754. The van der Waals surface area contributed by atoms with Gasteiger partial charge in [0.2, 0.25) is 0 Å². The Bertz CT molecular complexity index is 352. The van der Waals surface area contributed by atoms with Gasteiger partial charge in [-0.05, 0) is 36.3 Å². The molecule has 0 heterocycles. The van der Waals surface area contributed by atoms with Gasteiger partial charge in [0.05, 0.1) is 12.7 Å². The number of benzene rings is 1. The summed E-state index contributed by atoms with van der Waals surface area (Å²) in [5, 5.41) is 10.2. The average molecular weight is 262 g/mol. The van der Waals surface area contributed by atoms with Crippen molar-refractivity contribution in [1.29, 1.82) is 0 Å². The number of hydrogen-bond acceptors (Lipinski definition) is 2. The van der Waals surface area contributed by atoms with Crippen molar-refractivity contribution in [3.8, 4) is 0 Å². The molecule has 1 aromatic carbocycles. The minimum Gasteiger partial charge on any atom is -0.388 e. The molecule has 2 nitrogen and oxygen atoms in total. The Morgan fingerprint density at radius 2 is 1.89 bits per heavy atom. The first-order valence-corrected chi connectivity index (χ1v) is 7.55.